The van der Waals surface area contributed by atoms with Crippen molar-refractivity contribution in [2.24, 2.45) is 5.92 Å². The Balaban J connectivity index is 1.92. The van der Waals surface area contributed by atoms with Crippen molar-refractivity contribution in [3.05, 3.63) is 65.2 Å². The standard InChI is InChI=1S/C25H35NO2/c1-19(2)22-7-6-8-23(17-22)24(18-27)16-20(3)15-21-9-11-25(12-10-21)28-14-13-26(4)5/h6-12,17-20,24H,13-16H2,1-5H3. The molecule has 28 heavy (non-hydrogen) atoms. The zero-order valence-corrected chi connectivity index (χ0v) is 18.0. The predicted molar refractivity (Wildman–Crippen MR) is 117 cm³/mol. The van der Waals surface area contributed by atoms with E-state index in [9.17, 15) is 4.79 Å². The summed E-state index contributed by atoms with van der Waals surface area (Å²) in [6.45, 7) is 8.20. The minimum Gasteiger partial charge on any atom is -0.492 e. The van der Waals surface area contributed by atoms with Crippen molar-refractivity contribution in [2.75, 3.05) is 27.2 Å². The lowest BCUT2D eigenvalue weighted by molar-refractivity contribution is -0.109. The fourth-order valence-corrected chi connectivity index (χ4v) is 3.41. The number of ether oxygens (including phenoxy) is 1. The first kappa shape index (κ1) is 22.2. The molecular weight excluding hydrogens is 346 g/mol. The summed E-state index contributed by atoms with van der Waals surface area (Å²) in [7, 11) is 4.08. The van der Waals surface area contributed by atoms with E-state index < -0.39 is 0 Å². The smallest absolute Gasteiger partial charge is 0.127 e. The van der Waals surface area contributed by atoms with Gasteiger partial charge in [-0.15, -0.1) is 0 Å². The van der Waals surface area contributed by atoms with Crippen LogP contribution in [0, 0.1) is 5.92 Å². The van der Waals surface area contributed by atoms with Crippen LogP contribution in [-0.4, -0.2) is 38.4 Å². The molecule has 3 nitrogen and oxygen atoms in total. The van der Waals surface area contributed by atoms with Crippen molar-refractivity contribution >= 4 is 6.29 Å². The number of hydrogen-bond donors (Lipinski definition) is 0. The summed E-state index contributed by atoms with van der Waals surface area (Å²) < 4.78 is 5.76. The zero-order valence-electron chi connectivity index (χ0n) is 18.0. The van der Waals surface area contributed by atoms with Crippen molar-refractivity contribution in [1.82, 2.24) is 4.90 Å². The number of carbonyl (C=O) groups excluding carboxylic acids is 1. The van der Waals surface area contributed by atoms with E-state index in [1.54, 1.807) is 0 Å². The molecule has 0 bridgehead atoms. The third-order valence-electron chi connectivity index (χ3n) is 5.14. The molecule has 0 spiro atoms. The molecule has 0 aromatic heterocycles. The van der Waals surface area contributed by atoms with Crippen LogP contribution >= 0.6 is 0 Å². The van der Waals surface area contributed by atoms with E-state index in [4.69, 9.17) is 4.74 Å². The van der Waals surface area contributed by atoms with Gasteiger partial charge in [-0.05, 0) is 67.6 Å². The Bertz CT molecular complexity index is 722. The number of rotatable bonds is 11. The lowest BCUT2D eigenvalue weighted by Crippen LogP contribution is -2.19. The van der Waals surface area contributed by atoms with Crippen molar-refractivity contribution in [1.29, 1.82) is 0 Å². The molecule has 0 saturated heterocycles. The van der Waals surface area contributed by atoms with E-state index >= 15 is 0 Å². The third-order valence-corrected chi connectivity index (χ3v) is 5.14. The first-order valence-electron chi connectivity index (χ1n) is 10.3. The first-order chi connectivity index (χ1) is 13.4. The van der Waals surface area contributed by atoms with E-state index in [0.29, 0.717) is 18.4 Å². The zero-order chi connectivity index (χ0) is 20.5. The molecule has 0 heterocycles. The van der Waals surface area contributed by atoms with Crippen molar-refractivity contribution in [3.8, 4) is 5.75 Å². The lowest BCUT2D eigenvalue weighted by Gasteiger charge is -2.18. The highest BCUT2D eigenvalue weighted by molar-refractivity contribution is 5.62. The van der Waals surface area contributed by atoms with Crippen LogP contribution in [0.4, 0.5) is 0 Å². The average Bonchev–Trinajstić information content (AvgIpc) is 2.67. The molecule has 2 rings (SSSR count). The molecule has 2 aromatic carbocycles. The Hall–Kier alpha value is -2.13. The van der Waals surface area contributed by atoms with E-state index in [1.165, 1.54) is 11.1 Å². The molecule has 152 valence electrons. The second kappa shape index (κ2) is 11.0. The number of aldehydes is 1. The van der Waals surface area contributed by atoms with Crippen molar-refractivity contribution < 1.29 is 9.53 Å². The third kappa shape index (κ3) is 7.12. The monoisotopic (exact) mass is 381 g/mol. The van der Waals surface area contributed by atoms with Gasteiger partial charge >= 0.3 is 0 Å². The van der Waals surface area contributed by atoms with E-state index in [1.807, 2.05) is 26.2 Å². The van der Waals surface area contributed by atoms with Crippen LogP contribution < -0.4 is 4.74 Å². The minimum atomic E-state index is -0.0395. The molecule has 2 unspecified atom stereocenters. The summed E-state index contributed by atoms with van der Waals surface area (Å²) in [5.74, 6) is 1.78. The molecule has 0 aliphatic carbocycles. The molecule has 0 fully saturated rings. The van der Waals surface area contributed by atoms with Crippen molar-refractivity contribution in [3.63, 3.8) is 0 Å². The van der Waals surface area contributed by atoms with Crippen LogP contribution in [-0.2, 0) is 11.2 Å². The second-order valence-corrected chi connectivity index (χ2v) is 8.41. The van der Waals surface area contributed by atoms with Gasteiger partial charge in [0.15, 0.2) is 0 Å². The van der Waals surface area contributed by atoms with E-state index in [2.05, 4.69) is 62.1 Å². The topological polar surface area (TPSA) is 29.5 Å². The Kier molecular flexibility index (Phi) is 8.72. The van der Waals surface area contributed by atoms with Gasteiger partial charge < -0.3 is 14.4 Å². The van der Waals surface area contributed by atoms with E-state index in [0.717, 1.165) is 37.0 Å². The highest BCUT2D eigenvalue weighted by atomic mass is 16.5. The molecule has 3 heteroatoms. The maximum absolute atomic E-state index is 11.7. The molecule has 0 radical (unpaired) electrons. The number of nitrogens with zero attached hydrogens (tertiary/aromatic N) is 1. The van der Waals surface area contributed by atoms with Crippen LogP contribution in [0.3, 0.4) is 0 Å². The van der Waals surface area contributed by atoms with Crippen LogP contribution in [0.15, 0.2) is 48.5 Å². The number of hydrogen-bond acceptors (Lipinski definition) is 3. The van der Waals surface area contributed by atoms with Gasteiger partial charge in [0.2, 0.25) is 0 Å². The molecule has 0 saturated carbocycles. The summed E-state index contributed by atoms with van der Waals surface area (Å²) in [5, 5.41) is 0. The Labute approximate surface area is 170 Å². The lowest BCUT2D eigenvalue weighted by atomic mass is 9.86. The largest absolute Gasteiger partial charge is 0.492 e. The molecule has 0 aliphatic heterocycles. The fraction of sp³-hybridized carbons (Fsp3) is 0.480. The quantitative estimate of drug-likeness (QED) is 0.495. The van der Waals surface area contributed by atoms with Gasteiger partial charge in [0, 0.05) is 12.5 Å². The molecular formula is C25H35NO2. The van der Waals surface area contributed by atoms with Gasteiger partial charge in [0.05, 0.1) is 0 Å². The summed E-state index contributed by atoms with van der Waals surface area (Å²) in [4.78, 5) is 13.9. The Morgan fingerprint density at radius 2 is 1.68 bits per heavy atom. The normalized spacial score (nSPS) is 13.5. The fourth-order valence-electron chi connectivity index (χ4n) is 3.41. The van der Waals surface area contributed by atoms with Crippen LogP contribution in [0.5, 0.6) is 5.75 Å². The van der Waals surface area contributed by atoms with Gasteiger partial charge in [-0.2, -0.15) is 0 Å². The van der Waals surface area contributed by atoms with Gasteiger partial charge in [0.1, 0.15) is 18.6 Å². The molecule has 0 amide bonds. The maximum Gasteiger partial charge on any atom is 0.127 e. The second-order valence-electron chi connectivity index (χ2n) is 8.41. The molecule has 0 aliphatic rings. The molecule has 0 N–H and O–H groups in total. The summed E-state index contributed by atoms with van der Waals surface area (Å²) in [6.07, 6.45) is 2.94. The van der Waals surface area contributed by atoms with Gasteiger partial charge in [-0.25, -0.2) is 0 Å². The predicted octanol–water partition coefficient (Wildman–Crippen LogP) is 5.30. The average molecular weight is 382 g/mol. The summed E-state index contributed by atoms with van der Waals surface area (Å²) in [6, 6.07) is 16.8. The number of benzene rings is 2. The molecule has 2 aromatic rings. The number of likely N-dealkylation sites (N-methyl/N-ethyl adjacent to an activating group) is 1. The van der Waals surface area contributed by atoms with Crippen molar-refractivity contribution in [2.45, 2.75) is 45.4 Å². The minimum absolute atomic E-state index is 0.0395. The maximum atomic E-state index is 11.7. The van der Waals surface area contributed by atoms with Gasteiger partial charge in [-0.3, -0.25) is 0 Å². The van der Waals surface area contributed by atoms with Crippen LogP contribution in [0.1, 0.15) is 55.7 Å². The number of carbonyl (C=O) groups is 1. The van der Waals surface area contributed by atoms with Crippen LogP contribution in [0.25, 0.3) is 0 Å². The van der Waals surface area contributed by atoms with Gasteiger partial charge in [-0.1, -0.05) is 57.2 Å². The first-order valence-corrected chi connectivity index (χ1v) is 10.3. The summed E-state index contributed by atoms with van der Waals surface area (Å²) >= 11 is 0. The summed E-state index contributed by atoms with van der Waals surface area (Å²) in [5.41, 5.74) is 3.72. The highest BCUT2D eigenvalue weighted by Crippen LogP contribution is 2.27. The van der Waals surface area contributed by atoms with Gasteiger partial charge in [0.25, 0.3) is 0 Å². The van der Waals surface area contributed by atoms with Crippen LogP contribution in [0.2, 0.25) is 0 Å². The van der Waals surface area contributed by atoms with E-state index in [-0.39, 0.29) is 5.92 Å². The molecule has 2 atom stereocenters. The SMILES string of the molecule is CC(Cc1ccc(OCCN(C)C)cc1)CC(C=O)c1cccc(C(C)C)c1. The Morgan fingerprint density at radius 1 is 1.00 bits per heavy atom. The highest BCUT2D eigenvalue weighted by Gasteiger charge is 2.16. The Morgan fingerprint density at radius 3 is 2.29 bits per heavy atom.